The van der Waals surface area contributed by atoms with Gasteiger partial charge in [0, 0.05) is 51.8 Å². The molecule has 1 aliphatic heterocycles. The highest BCUT2D eigenvalue weighted by atomic mass is 35.5. The summed E-state index contributed by atoms with van der Waals surface area (Å²) in [4.78, 5) is 4.31. The van der Waals surface area contributed by atoms with E-state index < -0.39 is 0 Å². The summed E-state index contributed by atoms with van der Waals surface area (Å²) < 4.78 is 11.2. The number of hydrogen-bond acceptors (Lipinski definition) is 6. The van der Waals surface area contributed by atoms with Gasteiger partial charge in [0.2, 0.25) is 0 Å². The van der Waals surface area contributed by atoms with E-state index in [1.54, 1.807) is 19.4 Å². The molecule has 1 atom stereocenters. The number of halogens is 1. The van der Waals surface area contributed by atoms with Crippen molar-refractivity contribution in [3.8, 4) is 17.0 Å². The molecule has 3 heterocycles. The zero-order valence-corrected chi connectivity index (χ0v) is 17.0. The van der Waals surface area contributed by atoms with Crippen LogP contribution in [0.2, 0.25) is 5.02 Å². The summed E-state index contributed by atoms with van der Waals surface area (Å²) in [5.41, 5.74) is 1.59. The van der Waals surface area contributed by atoms with Gasteiger partial charge < -0.3 is 14.8 Å². The lowest BCUT2D eigenvalue weighted by molar-refractivity contribution is 0.00340. The van der Waals surface area contributed by atoms with E-state index in [0.717, 1.165) is 40.9 Å². The Labute approximate surface area is 169 Å². The van der Waals surface area contributed by atoms with E-state index in [1.807, 2.05) is 24.4 Å². The van der Waals surface area contributed by atoms with Crippen molar-refractivity contribution in [3.05, 3.63) is 41.7 Å². The monoisotopic (exact) mass is 398 g/mol. The fraction of sp³-hybridized carbons (Fsp3) is 0.381. The topological polar surface area (TPSA) is 69.2 Å². The van der Waals surface area contributed by atoms with Gasteiger partial charge in [-0.1, -0.05) is 25.4 Å². The van der Waals surface area contributed by atoms with Crippen molar-refractivity contribution in [2.75, 3.05) is 25.6 Å². The number of aromatic nitrogens is 3. The zero-order chi connectivity index (χ0) is 19.7. The summed E-state index contributed by atoms with van der Waals surface area (Å²) in [5, 5.41) is 15.1. The van der Waals surface area contributed by atoms with Crippen LogP contribution in [0.5, 0.6) is 5.75 Å². The van der Waals surface area contributed by atoms with Crippen LogP contribution >= 0.6 is 11.6 Å². The third kappa shape index (κ3) is 3.50. The predicted molar refractivity (Wildman–Crippen MR) is 111 cm³/mol. The molecule has 7 heteroatoms. The van der Waals surface area contributed by atoms with Gasteiger partial charge in [-0.25, -0.2) is 0 Å². The van der Waals surface area contributed by atoms with Gasteiger partial charge in [-0.3, -0.25) is 4.98 Å². The lowest BCUT2D eigenvalue weighted by atomic mass is 9.82. The predicted octanol–water partition coefficient (Wildman–Crippen LogP) is 4.58. The molecule has 6 nitrogen and oxygen atoms in total. The van der Waals surface area contributed by atoms with Crippen molar-refractivity contribution in [2.45, 2.75) is 26.3 Å². The number of ether oxygens (including phenoxy) is 2. The van der Waals surface area contributed by atoms with Crippen LogP contribution in [-0.4, -0.2) is 41.5 Å². The lowest BCUT2D eigenvalue weighted by Gasteiger charge is -2.39. The highest BCUT2D eigenvalue weighted by Gasteiger charge is 2.33. The second-order valence-corrected chi connectivity index (χ2v) is 8.13. The summed E-state index contributed by atoms with van der Waals surface area (Å²) >= 11 is 6.12. The SMILES string of the molecule is COc1cc(Cl)ccc1-c1nnc(NC2CCOCC2(C)C)c2cnccc12. The van der Waals surface area contributed by atoms with Crippen LogP contribution in [0.1, 0.15) is 20.3 Å². The Morgan fingerprint density at radius 1 is 1.21 bits per heavy atom. The van der Waals surface area contributed by atoms with Crippen molar-refractivity contribution >= 4 is 28.2 Å². The summed E-state index contributed by atoms with van der Waals surface area (Å²) in [6.45, 7) is 5.86. The van der Waals surface area contributed by atoms with E-state index in [2.05, 4.69) is 34.3 Å². The van der Waals surface area contributed by atoms with Crippen LogP contribution in [0.15, 0.2) is 36.7 Å². The Morgan fingerprint density at radius 3 is 2.86 bits per heavy atom. The second kappa shape index (κ2) is 7.53. The van der Waals surface area contributed by atoms with Crippen molar-refractivity contribution < 1.29 is 9.47 Å². The number of nitrogens with one attached hydrogen (secondary N) is 1. The number of nitrogens with zero attached hydrogens (tertiary/aromatic N) is 3. The fourth-order valence-electron chi connectivity index (χ4n) is 3.62. The number of fused-ring (bicyclic) bond motifs is 1. The summed E-state index contributed by atoms with van der Waals surface area (Å²) in [7, 11) is 1.62. The minimum absolute atomic E-state index is 0.00648. The van der Waals surface area contributed by atoms with Crippen LogP contribution in [0.25, 0.3) is 22.0 Å². The Hall–Kier alpha value is -2.44. The normalized spacial score (nSPS) is 18.8. The second-order valence-electron chi connectivity index (χ2n) is 7.69. The van der Waals surface area contributed by atoms with E-state index in [9.17, 15) is 0 Å². The van der Waals surface area contributed by atoms with Gasteiger partial charge >= 0.3 is 0 Å². The quantitative estimate of drug-likeness (QED) is 0.693. The van der Waals surface area contributed by atoms with Crippen LogP contribution in [0.3, 0.4) is 0 Å². The molecule has 0 amide bonds. The van der Waals surface area contributed by atoms with Gasteiger partial charge in [0.1, 0.15) is 11.4 Å². The maximum Gasteiger partial charge on any atom is 0.158 e. The lowest BCUT2D eigenvalue weighted by Crippen LogP contribution is -2.44. The smallest absolute Gasteiger partial charge is 0.158 e. The van der Waals surface area contributed by atoms with Crippen molar-refractivity contribution in [2.24, 2.45) is 5.41 Å². The highest BCUT2D eigenvalue weighted by Crippen LogP contribution is 2.37. The maximum absolute atomic E-state index is 6.12. The van der Waals surface area contributed by atoms with Crippen molar-refractivity contribution in [3.63, 3.8) is 0 Å². The number of pyridine rings is 1. The molecular formula is C21H23ClN4O2. The summed E-state index contributed by atoms with van der Waals surface area (Å²) in [5.74, 6) is 1.39. The minimum Gasteiger partial charge on any atom is -0.496 e. The van der Waals surface area contributed by atoms with E-state index in [0.29, 0.717) is 17.4 Å². The Bertz CT molecular complexity index is 1010. The molecule has 2 aromatic heterocycles. The molecule has 1 saturated heterocycles. The number of anilines is 1. The maximum atomic E-state index is 6.12. The Balaban J connectivity index is 1.80. The molecule has 0 bridgehead atoms. The zero-order valence-electron chi connectivity index (χ0n) is 16.2. The average Bonchev–Trinajstić information content (AvgIpc) is 2.70. The molecule has 1 unspecified atom stereocenters. The van der Waals surface area contributed by atoms with Crippen LogP contribution in [0, 0.1) is 5.41 Å². The molecule has 1 fully saturated rings. The van der Waals surface area contributed by atoms with Gasteiger partial charge in [0.25, 0.3) is 0 Å². The molecule has 1 N–H and O–H groups in total. The molecule has 4 rings (SSSR count). The number of hydrogen-bond donors (Lipinski definition) is 1. The van der Waals surface area contributed by atoms with Crippen molar-refractivity contribution in [1.82, 2.24) is 15.2 Å². The average molecular weight is 399 g/mol. The van der Waals surface area contributed by atoms with Gasteiger partial charge in [-0.15, -0.1) is 10.2 Å². The molecule has 3 aromatic rings. The molecular weight excluding hydrogens is 376 g/mol. The van der Waals surface area contributed by atoms with Crippen LogP contribution in [0.4, 0.5) is 5.82 Å². The molecule has 0 radical (unpaired) electrons. The van der Waals surface area contributed by atoms with Gasteiger partial charge in [0.15, 0.2) is 5.82 Å². The molecule has 0 spiro atoms. The summed E-state index contributed by atoms with van der Waals surface area (Å²) in [6, 6.07) is 7.70. The molecule has 146 valence electrons. The number of methoxy groups -OCH3 is 1. The molecule has 1 aliphatic rings. The molecule has 1 aromatic carbocycles. The standard InChI is InChI=1S/C21H23ClN4O2/c1-21(2)12-28-9-7-18(21)24-20-16-11-23-8-6-14(16)19(25-26-20)15-5-4-13(22)10-17(15)27-3/h4-6,8,10-11,18H,7,9,12H2,1-3H3,(H,24,26). The van der Waals surface area contributed by atoms with E-state index in [1.165, 1.54) is 0 Å². The Kier molecular flexibility index (Phi) is 5.08. The number of benzene rings is 1. The Morgan fingerprint density at radius 2 is 2.07 bits per heavy atom. The van der Waals surface area contributed by atoms with Crippen molar-refractivity contribution in [1.29, 1.82) is 0 Å². The van der Waals surface area contributed by atoms with E-state index in [4.69, 9.17) is 21.1 Å². The number of rotatable bonds is 4. The van der Waals surface area contributed by atoms with Gasteiger partial charge in [-0.2, -0.15) is 0 Å². The van der Waals surface area contributed by atoms with E-state index >= 15 is 0 Å². The molecule has 0 aliphatic carbocycles. The fourth-order valence-corrected chi connectivity index (χ4v) is 3.79. The summed E-state index contributed by atoms with van der Waals surface area (Å²) in [6.07, 6.45) is 4.51. The first kappa shape index (κ1) is 18.9. The first-order valence-electron chi connectivity index (χ1n) is 9.28. The first-order chi connectivity index (χ1) is 13.5. The third-order valence-electron chi connectivity index (χ3n) is 5.28. The third-order valence-corrected chi connectivity index (χ3v) is 5.51. The largest absolute Gasteiger partial charge is 0.496 e. The van der Waals surface area contributed by atoms with Crippen LogP contribution in [-0.2, 0) is 4.74 Å². The van der Waals surface area contributed by atoms with Gasteiger partial charge in [0.05, 0.1) is 13.7 Å². The van der Waals surface area contributed by atoms with Crippen LogP contribution < -0.4 is 10.1 Å². The van der Waals surface area contributed by atoms with Gasteiger partial charge in [-0.05, 0) is 30.7 Å². The minimum atomic E-state index is 0.00648. The van der Waals surface area contributed by atoms with E-state index in [-0.39, 0.29) is 11.5 Å². The molecule has 0 saturated carbocycles. The first-order valence-corrected chi connectivity index (χ1v) is 9.66. The molecule has 28 heavy (non-hydrogen) atoms. The highest BCUT2D eigenvalue weighted by molar-refractivity contribution is 6.30.